The fourth-order valence-corrected chi connectivity index (χ4v) is 3.46. The Balaban J connectivity index is 1.44. The molecule has 32 heavy (non-hydrogen) atoms. The summed E-state index contributed by atoms with van der Waals surface area (Å²) < 4.78 is 5.42. The smallest absolute Gasteiger partial charge is 0.260 e. The highest BCUT2D eigenvalue weighted by atomic mass is 16.5. The topological polar surface area (TPSA) is 114 Å². The van der Waals surface area contributed by atoms with Gasteiger partial charge in [0.1, 0.15) is 5.82 Å². The van der Waals surface area contributed by atoms with Crippen LogP contribution < -0.4 is 10.9 Å². The molecule has 0 aliphatic carbocycles. The number of hydrogen-bond donors (Lipinski definition) is 2. The van der Waals surface area contributed by atoms with Gasteiger partial charge in [-0.1, -0.05) is 43.3 Å². The molecule has 1 amide bonds. The van der Waals surface area contributed by atoms with Crippen molar-refractivity contribution in [1.82, 2.24) is 20.1 Å². The number of nitrogens with one attached hydrogen (secondary N) is 2. The number of fused-ring (bicyclic) bond motifs is 1. The molecule has 0 aliphatic heterocycles. The van der Waals surface area contributed by atoms with Crippen LogP contribution in [0.25, 0.3) is 22.4 Å². The SMILES string of the molecule is Cc1cccc(-c2nc(C(C)C)no2)c1NC(=O)CCCc1nc2ccccc2c(=O)[nH]1. The fourth-order valence-electron chi connectivity index (χ4n) is 3.46. The van der Waals surface area contributed by atoms with E-state index in [1.165, 1.54) is 0 Å². The summed E-state index contributed by atoms with van der Waals surface area (Å²) in [5.41, 5.74) is 2.74. The van der Waals surface area contributed by atoms with E-state index in [0.29, 0.717) is 52.5 Å². The van der Waals surface area contributed by atoms with Gasteiger partial charge in [0.2, 0.25) is 5.91 Å². The number of anilines is 1. The average molecular weight is 431 g/mol. The number of hydrogen-bond acceptors (Lipinski definition) is 6. The van der Waals surface area contributed by atoms with E-state index in [-0.39, 0.29) is 23.8 Å². The molecule has 0 bridgehead atoms. The maximum atomic E-state index is 12.7. The summed E-state index contributed by atoms with van der Waals surface area (Å²) in [7, 11) is 0. The van der Waals surface area contributed by atoms with E-state index in [9.17, 15) is 9.59 Å². The first-order valence-electron chi connectivity index (χ1n) is 10.6. The Morgan fingerprint density at radius 3 is 2.72 bits per heavy atom. The van der Waals surface area contributed by atoms with Crippen LogP contribution in [0.15, 0.2) is 51.8 Å². The lowest BCUT2D eigenvalue weighted by molar-refractivity contribution is -0.116. The van der Waals surface area contributed by atoms with Crippen molar-refractivity contribution in [2.45, 2.75) is 46.0 Å². The van der Waals surface area contributed by atoms with Gasteiger partial charge in [0.15, 0.2) is 5.82 Å². The Kier molecular flexibility index (Phi) is 6.11. The van der Waals surface area contributed by atoms with Gasteiger partial charge >= 0.3 is 0 Å². The quantitative estimate of drug-likeness (QED) is 0.449. The summed E-state index contributed by atoms with van der Waals surface area (Å²) in [5, 5.41) is 7.56. The summed E-state index contributed by atoms with van der Waals surface area (Å²) in [6.07, 6.45) is 1.33. The molecule has 0 fully saturated rings. The normalized spacial score (nSPS) is 11.2. The van der Waals surface area contributed by atoms with Gasteiger partial charge in [-0.05, 0) is 37.1 Å². The van der Waals surface area contributed by atoms with E-state index < -0.39 is 0 Å². The number of nitrogens with zero attached hydrogens (tertiary/aromatic N) is 3. The van der Waals surface area contributed by atoms with Crippen molar-refractivity contribution < 1.29 is 9.32 Å². The van der Waals surface area contributed by atoms with Crippen molar-refractivity contribution in [3.8, 4) is 11.5 Å². The predicted octanol–water partition coefficient (Wildman–Crippen LogP) is 4.37. The summed E-state index contributed by atoms with van der Waals surface area (Å²) >= 11 is 0. The average Bonchev–Trinajstić information content (AvgIpc) is 3.26. The number of carbonyl (C=O) groups excluding carboxylic acids is 1. The summed E-state index contributed by atoms with van der Waals surface area (Å²) in [4.78, 5) is 36.6. The molecule has 2 aromatic carbocycles. The maximum absolute atomic E-state index is 12.7. The number of carbonyl (C=O) groups is 1. The second-order valence-corrected chi connectivity index (χ2v) is 8.04. The van der Waals surface area contributed by atoms with Crippen LogP contribution in [0.1, 0.15) is 49.8 Å². The third-order valence-corrected chi connectivity index (χ3v) is 5.21. The van der Waals surface area contributed by atoms with Crippen LogP contribution in [-0.4, -0.2) is 26.0 Å². The van der Waals surface area contributed by atoms with Gasteiger partial charge in [0, 0.05) is 18.8 Å². The minimum absolute atomic E-state index is 0.132. The maximum Gasteiger partial charge on any atom is 0.260 e. The van der Waals surface area contributed by atoms with Crippen LogP contribution in [0, 0.1) is 6.92 Å². The molecule has 2 aromatic heterocycles. The number of H-pyrrole nitrogens is 1. The van der Waals surface area contributed by atoms with Gasteiger partial charge < -0.3 is 14.8 Å². The van der Waals surface area contributed by atoms with E-state index >= 15 is 0 Å². The molecule has 4 aromatic rings. The van der Waals surface area contributed by atoms with E-state index in [2.05, 4.69) is 25.4 Å². The van der Waals surface area contributed by atoms with Crippen LogP contribution in [0.3, 0.4) is 0 Å². The van der Waals surface area contributed by atoms with E-state index in [4.69, 9.17) is 4.52 Å². The second-order valence-electron chi connectivity index (χ2n) is 8.04. The molecular formula is C24H25N5O3. The zero-order chi connectivity index (χ0) is 22.7. The zero-order valence-electron chi connectivity index (χ0n) is 18.3. The van der Waals surface area contributed by atoms with Crippen LogP contribution in [-0.2, 0) is 11.2 Å². The molecule has 2 N–H and O–H groups in total. The van der Waals surface area contributed by atoms with E-state index in [0.717, 1.165) is 5.56 Å². The first-order valence-corrected chi connectivity index (χ1v) is 10.6. The molecule has 8 heteroatoms. The summed E-state index contributed by atoms with van der Waals surface area (Å²) in [6.45, 7) is 5.90. The number of aromatic nitrogens is 4. The summed E-state index contributed by atoms with van der Waals surface area (Å²) in [5.74, 6) is 1.59. The Bertz CT molecular complexity index is 1320. The van der Waals surface area contributed by atoms with E-state index in [1.807, 2.05) is 51.1 Å². The molecule has 4 rings (SSSR count). The number of para-hydroxylation sites is 2. The van der Waals surface area contributed by atoms with Gasteiger partial charge in [0.25, 0.3) is 11.4 Å². The largest absolute Gasteiger partial charge is 0.334 e. The lowest BCUT2D eigenvalue weighted by Gasteiger charge is -2.12. The molecule has 2 heterocycles. The number of amides is 1. The highest BCUT2D eigenvalue weighted by Gasteiger charge is 2.17. The molecule has 0 unspecified atom stereocenters. The van der Waals surface area contributed by atoms with Crippen LogP contribution in [0.2, 0.25) is 0 Å². The van der Waals surface area contributed by atoms with Crippen molar-refractivity contribution in [1.29, 1.82) is 0 Å². The van der Waals surface area contributed by atoms with Crippen molar-refractivity contribution in [2.75, 3.05) is 5.32 Å². The van der Waals surface area contributed by atoms with Gasteiger partial charge in [-0.15, -0.1) is 0 Å². The van der Waals surface area contributed by atoms with Gasteiger partial charge in [-0.3, -0.25) is 9.59 Å². The second kappa shape index (κ2) is 9.13. The monoisotopic (exact) mass is 431 g/mol. The molecule has 0 saturated carbocycles. The summed E-state index contributed by atoms with van der Waals surface area (Å²) in [6, 6.07) is 12.9. The van der Waals surface area contributed by atoms with Crippen LogP contribution in [0.4, 0.5) is 5.69 Å². The highest BCUT2D eigenvalue weighted by molar-refractivity contribution is 5.95. The number of aryl methyl sites for hydroxylation is 2. The van der Waals surface area contributed by atoms with E-state index in [1.54, 1.807) is 12.1 Å². The molecular weight excluding hydrogens is 406 g/mol. The molecule has 164 valence electrons. The van der Waals surface area contributed by atoms with Crippen LogP contribution >= 0.6 is 0 Å². The van der Waals surface area contributed by atoms with Crippen molar-refractivity contribution in [2.24, 2.45) is 0 Å². The number of aromatic amines is 1. The van der Waals surface area contributed by atoms with Gasteiger partial charge in [-0.25, -0.2) is 4.98 Å². The molecule has 8 nitrogen and oxygen atoms in total. The molecule has 0 aliphatic rings. The van der Waals surface area contributed by atoms with Crippen LogP contribution in [0.5, 0.6) is 0 Å². The minimum Gasteiger partial charge on any atom is -0.334 e. The van der Waals surface area contributed by atoms with Crippen molar-refractivity contribution in [3.05, 3.63) is 70.0 Å². The minimum atomic E-state index is -0.167. The first kappa shape index (κ1) is 21.4. The Morgan fingerprint density at radius 1 is 1.12 bits per heavy atom. The third kappa shape index (κ3) is 4.59. The lowest BCUT2D eigenvalue weighted by Crippen LogP contribution is -2.15. The van der Waals surface area contributed by atoms with Crippen molar-refractivity contribution in [3.63, 3.8) is 0 Å². The molecule has 0 saturated heterocycles. The van der Waals surface area contributed by atoms with Crippen molar-refractivity contribution >= 4 is 22.5 Å². The first-order chi connectivity index (χ1) is 15.4. The Labute approximate surface area is 185 Å². The molecule has 0 radical (unpaired) electrons. The number of rotatable bonds is 7. The third-order valence-electron chi connectivity index (χ3n) is 5.21. The molecule has 0 atom stereocenters. The molecule has 0 spiro atoms. The van der Waals surface area contributed by atoms with Gasteiger partial charge in [0.05, 0.1) is 22.2 Å². The fraction of sp³-hybridized carbons (Fsp3) is 0.292. The predicted molar refractivity (Wildman–Crippen MR) is 122 cm³/mol. The highest BCUT2D eigenvalue weighted by Crippen LogP contribution is 2.30. The van der Waals surface area contributed by atoms with Gasteiger partial charge in [-0.2, -0.15) is 4.98 Å². The number of benzene rings is 2. The standard InChI is InChI=1S/C24H25N5O3/c1-14(2)22-28-24(32-29-22)17-10-6-8-15(3)21(17)27-20(30)13-7-12-19-25-18-11-5-4-9-16(18)23(31)26-19/h4-6,8-11,14H,7,12-13H2,1-3H3,(H,27,30)(H,25,26,31). The zero-order valence-corrected chi connectivity index (χ0v) is 18.3. The lowest BCUT2D eigenvalue weighted by atomic mass is 10.1. The Hall–Kier alpha value is -3.81. The Morgan fingerprint density at radius 2 is 1.94 bits per heavy atom.